The van der Waals surface area contributed by atoms with Gasteiger partial charge < -0.3 is 31.9 Å². The average Bonchev–Trinajstić information content (AvgIpc) is 3.02. The van der Waals surface area contributed by atoms with Crippen LogP contribution in [0.15, 0.2) is 76.5 Å². The van der Waals surface area contributed by atoms with E-state index < -0.39 is 51.7 Å². The number of methoxy groups -OCH3 is 4. The molecule has 0 saturated heterocycles. The highest BCUT2D eigenvalue weighted by atomic mass is 32.3. The van der Waals surface area contributed by atoms with E-state index in [-0.39, 0.29) is 0 Å². The summed E-state index contributed by atoms with van der Waals surface area (Å²) in [6, 6.07) is 19.1. The van der Waals surface area contributed by atoms with Crippen LogP contribution in [0.4, 0.5) is 34.9 Å². The van der Waals surface area contributed by atoms with Gasteiger partial charge in [-0.2, -0.15) is 0 Å². The fraction of sp³-hybridized carbons (Fsp3) is 0.143. The maximum absolute atomic E-state index is 14.5. The van der Waals surface area contributed by atoms with Crippen LogP contribution in [0.5, 0.6) is 28.7 Å². The molecular weight excluding hydrogens is 627 g/mol. The van der Waals surface area contributed by atoms with E-state index in [0.29, 0.717) is 38.5 Å². The number of hydrogen-bond acceptors (Lipinski definition) is 6. The highest BCUT2D eigenvalue weighted by Gasteiger charge is 2.45. The van der Waals surface area contributed by atoms with Crippen LogP contribution in [-0.4, -0.2) is 35.4 Å². The summed E-state index contributed by atoms with van der Waals surface area (Å²) in [6.07, 6.45) is 0. The summed E-state index contributed by atoms with van der Waals surface area (Å²) >= 11 is 0. The summed E-state index contributed by atoms with van der Waals surface area (Å²) in [6.45, 7) is -6.30. The Morgan fingerprint density at radius 1 is 0.545 bits per heavy atom. The maximum atomic E-state index is 14.5. The molecule has 6 nitrogen and oxygen atoms in total. The van der Waals surface area contributed by atoms with E-state index in [0.717, 1.165) is 0 Å². The van der Waals surface area contributed by atoms with Crippen LogP contribution in [0.1, 0.15) is 0 Å². The van der Waals surface area contributed by atoms with Crippen molar-refractivity contribution in [3.8, 4) is 28.7 Å². The Morgan fingerprint density at radius 2 is 0.955 bits per heavy atom. The molecular formula is C28H23BF8O6S. The molecule has 0 aromatic heterocycles. The van der Waals surface area contributed by atoms with Gasteiger partial charge in [-0.3, -0.25) is 4.18 Å². The zero-order valence-corrected chi connectivity index (χ0v) is 24.1. The van der Waals surface area contributed by atoms with E-state index in [9.17, 15) is 39.1 Å². The van der Waals surface area contributed by atoms with Crippen molar-refractivity contribution >= 4 is 22.7 Å². The third-order valence-electron chi connectivity index (χ3n) is 5.85. The Morgan fingerprint density at radius 3 is 1.32 bits per heavy atom. The standard InChI is InChI=1S/C22H23O6S.C6BF8/c1-24-17-10-12-21(19(14-17)26-3)29(23,28-16-8-6-5-7-9-16)22-13-11-18(25-2)15-20(22)27-4;8-2-1(7(13,14)15)3(9)5(11)6(12)4(2)10/h5-15H,1-4H3;/q+1;-1. The zero-order chi connectivity index (χ0) is 32.8. The largest absolute Gasteiger partial charge is 0.515 e. The molecule has 44 heavy (non-hydrogen) atoms. The van der Waals surface area contributed by atoms with Crippen LogP contribution < -0.4 is 28.6 Å². The van der Waals surface area contributed by atoms with E-state index in [1.165, 1.54) is 14.2 Å². The van der Waals surface area contributed by atoms with Gasteiger partial charge in [0.1, 0.15) is 23.1 Å². The number of hydrogen-bond donors (Lipinski definition) is 0. The van der Waals surface area contributed by atoms with E-state index in [1.54, 1.807) is 62.8 Å². The molecule has 0 bridgehead atoms. The Kier molecular flexibility index (Phi) is 10.7. The summed E-state index contributed by atoms with van der Waals surface area (Å²) in [5.41, 5.74) is -2.73. The fourth-order valence-corrected chi connectivity index (χ4v) is 5.83. The minimum atomic E-state index is -6.30. The van der Waals surface area contributed by atoms with E-state index in [1.807, 2.05) is 18.2 Å². The summed E-state index contributed by atoms with van der Waals surface area (Å²) in [4.78, 5) is 0.737. The first kappa shape index (κ1) is 34.0. The lowest BCUT2D eigenvalue weighted by atomic mass is 9.79. The van der Waals surface area contributed by atoms with E-state index >= 15 is 0 Å². The number of rotatable bonds is 9. The first-order chi connectivity index (χ1) is 20.7. The molecule has 0 N–H and O–H groups in total. The Hall–Kier alpha value is -4.47. The SMILES string of the molecule is COc1ccc([S+](=O)(Oc2ccccc2)c2ccc(OC)cc2OC)c(OC)c1.Fc1c(F)c(F)c([B-](F)(F)F)c(F)c1F. The molecule has 0 fully saturated rings. The lowest BCUT2D eigenvalue weighted by Gasteiger charge is -2.17. The number of benzene rings is 4. The minimum absolute atomic E-state index is 0.369. The normalized spacial score (nSPS) is 11.3. The predicted octanol–water partition coefficient (Wildman–Crippen LogP) is 7.07. The van der Waals surface area contributed by atoms with Gasteiger partial charge in [0.05, 0.1) is 28.4 Å². The van der Waals surface area contributed by atoms with Crippen molar-refractivity contribution < 1.29 is 62.2 Å². The summed E-state index contributed by atoms with van der Waals surface area (Å²) < 4.78 is 140. The third-order valence-corrected chi connectivity index (χ3v) is 8.11. The molecule has 16 heteroatoms. The highest BCUT2D eigenvalue weighted by molar-refractivity contribution is 7.99. The Bertz CT molecular complexity index is 1580. The van der Waals surface area contributed by atoms with Gasteiger partial charge in [0.2, 0.25) is 9.79 Å². The van der Waals surface area contributed by atoms with E-state index in [4.69, 9.17) is 23.1 Å². The van der Waals surface area contributed by atoms with Crippen LogP contribution in [0.2, 0.25) is 0 Å². The molecule has 0 atom stereocenters. The van der Waals surface area contributed by atoms with Crippen molar-refractivity contribution in [1.82, 2.24) is 0 Å². The van der Waals surface area contributed by atoms with Gasteiger partial charge in [0.15, 0.2) is 34.7 Å². The van der Waals surface area contributed by atoms with Crippen LogP contribution in [-0.2, 0) is 14.4 Å². The van der Waals surface area contributed by atoms with Gasteiger partial charge in [0.25, 0.3) is 0 Å². The molecule has 0 radical (unpaired) electrons. The number of halogens is 8. The first-order valence-corrected chi connectivity index (χ1v) is 13.7. The van der Waals surface area contributed by atoms with Crippen molar-refractivity contribution in [3.05, 3.63) is 95.8 Å². The maximum Gasteiger partial charge on any atom is 0.515 e. The molecule has 0 unspecified atom stereocenters. The molecule has 0 heterocycles. The molecule has 0 aliphatic rings. The lowest BCUT2D eigenvalue weighted by Crippen LogP contribution is -2.41. The topological polar surface area (TPSA) is 63.2 Å². The highest BCUT2D eigenvalue weighted by Crippen LogP contribution is 2.43. The van der Waals surface area contributed by atoms with Crippen LogP contribution in [0, 0.1) is 29.1 Å². The molecule has 4 rings (SSSR count). The molecule has 236 valence electrons. The van der Waals surface area contributed by atoms with Gasteiger partial charge in [-0.1, -0.05) is 18.2 Å². The lowest BCUT2D eigenvalue weighted by molar-refractivity contribution is 0.377. The molecule has 0 aliphatic carbocycles. The zero-order valence-electron chi connectivity index (χ0n) is 23.3. The van der Waals surface area contributed by atoms with Gasteiger partial charge in [0, 0.05) is 24.3 Å². The molecule has 4 aromatic rings. The first-order valence-electron chi connectivity index (χ1n) is 12.2. The third kappa shape index (κ3) is 7.01. The van der Waals surface area contributed by atoms with Gasteiger partial charge in [-0.05, 0) is 33.9 Å². The minimum Gasteiger partial charge on any atom is -0.497 e. The van der Waals surface area contributed by atoms with Crippen LogP contribution in [0.3, 0.4) is 0 Å². The number of para-hydroxylation sites is 1. The van der Waals surface area contributed by atoms with Crippen molar-refractivity contribution in [1.29, 1.82) is 0 Å². The quantitative estimate of drug-likeness (QED) is 0.0636. The molecule has 0 saturated carbocycles. The van der Waals surface area contributed by atoms with Crippen molar-refractivity contribution in [3.63, 3.8) is 0 Å². The van der Waals surface area contributed by atoms with Gasteiger partial charge in [-0.15, -0.1) is 0 Å². The molecule has 0 spiro atoms. The summed E-state index contributed by atoms with van der Waals surface area (Å²) in [5.74, 6) is -11.2. The molecule has 4 aromatic carbocycles. The Balaban J connectivity index is 0.000000297. The fourth-order valence-electron chi connectivity index (χ4n) is 3.72. The molecule has 0 amide bonds. The predicted molar refractivity (Wildman–Crippen MR) is 146 cm³/mol. The second-order valence-corrected chi connectivity index (χ2v) is 10.5. The van der Waals surface area contributed by atoms with Gasteiger partial charge >= 0.3 is 17.2 Å². The van der Waals surface area contributed by atoms with Crippen LogP contribution in [0.25, 0.3) is 0 Å². The smallest absolute Gasteiger partial charge is 0.497 e. The average molecular weight is 650 g/mol. The summed E-state index contributed by atoms with van der Waals surface area (Å²) in [7, 11) is 2.82. The van der Waals surface area contributed by atoms with Crippen molar-refractivity contribution in [2.45, 2.75) is 9.79 Å². The van der Waals surface area contributed by atoms with E-state index in [2.05, 4.69) is 0 Å². The van der Waals surface area contributed by atoms with Gasteiger partial charge in [-0.25, -0.2) is 22.0 Å². The Labute approximate surface area is 247 Å². The van der Waals surface area contributed by atoms with Crippen LogP contribution >= 0.6 is 0 Å². The van der Waals surface area contributed by atoms with Crippen molar-refractivity contribution in [2.24, 2.45) is 0 Å². The second-order valence-electron chi connectivity index (χ2n) is 8.49. The second kappa shape index (κ2) is 13.9. The molecule has 0 aliphatic heterocycles. The summed E-state index contributed by atoms with van der Waals surface area (Å²) in [5, 5.41) is 0. The number of ether oxygens (including phenoxy) is 4. The van der Waals surface area contributed by atoms with Crippen molar-refractivity contribution in [2.75, 3.05) is 28.4 Å². The monoisotopic (exact) mass is 650 g/mol.